The van der Waals surface area contributed by atoms with Crippen molar-refractivity contribution in [2.75, 3.05) is 13.1 Å². The molecule has 0 aliphatic carbocycles. The molecule has 25 heavy (non-hydrogen) atoms. The summed E-state index contributed by atoms with van der Waals surface area (Å²) in [5.41, 5.74) is 5.57. The second-order valence-electron chi connectivity index (χ2n) is 8.14. The first kappa shape index (κ1) is 23.9. The number of nitrogens with two attached hydrogens (primary N) is 1. The monoisotopic (exact) mass is 356 g/mol. The minimum Gasteiger partial charge on any atom is -0.368 e. The topological polar surface area (TPSA) is 87.5 Å². The molecule has 0 rings (SSSR count). The number of carbonyl (C=O) groups excluding carboxylic acids is 2. The summed E-state index contributed by atoms with van der Waals surface area (Å²) >= 11 is 0. The van der Waals surface area contributed by atoms with E-state index in [0.29, 0.717) is 6.42 Å². The van der Waals surface area contributed by atoms with Crippen LogP contribution in [0.15, 0.2) is 0 Å². The maximum atomic E-state index is 12.5. The van der Waals surface area contributed by atoms with Gasteiger partial charge >= 0.3 is 0 Å². The van der Waals surface area contributed by atoms with Crippen molar-refractivity contribution in [1.82, 2.24) is 15.5 Å². The molecule has 4 N–H and O–H groups in total. The summed E-state index contributed by atoms with van der Waals surface area (Å²) in [5.74, 6) is -0.588. The van der Waals surface area contributed by atoms with Gasteiger partial charge in [0, 0.05) is 11.6 Å². The highest BCUT2D eigenvalue weighted by Gasteiger charge is 2.26. The van der Waals surface area contributed by atoms with Crippen LogP contribution in [0.1, 0.15) is 74.1 Å². The van der Waals surface area contributed by atoms with E-state index in [0.717, 1.165) is 32.4 Å². The summed E-state index contributed by atoms with van der Waals surface area (Å²) < 4.78 is 0. The quantitative estimate of drug-likeness (QED) is 0.467. The van der Waals surface area contributed by atoms with Crippen molar-refractivity contribution in [2.45, 2.75) is 97.8 Å². The summed E-state index contributed by atoms with van der Waals surface area (Å²) in [5, 5.41) is 6.26. The van der Waals surface area contributed by atoms with Gasteiger partial charge in [0.15, 0.2) is 0 Å². The molecular formula is C19H40N4O2. The van der Waals surface area contributed by atoms with Crippen molar-refractivity contribution in [2.24, 2.45) is 5.73 Å². The summed E-state index contributed by atoms with van der Waals surface area (Å²) in [6.45, 7) is 16.2. The fraction of sp³-hybridized carbons (Fsp3) is 0.895. The lowest BCUT2D eigenvalue weighted by Crippen LogP contribution is -2.53. The molecule has 0 aromatic rings. The Kier molecular flexibility index (Phi) is 10.9. The molecule has 6 heteroatoms. The SMILES string of the molecule is CCCN(C(C)C)[C@H](C)C(=O)N[C@H](CCCCNC(C)(C)C)C(N)=O. The average molecular weight is 357 g/mol. The van der Waals surface area contributed by atoms with E-state index >= 15 is 0 Å². The maximum Gasteiger partial charge on any atom is 0.240 e. The van der Waals surface area contributed by atoms with Gasteiger partial charge in [0.2, 0.25) is 11.8 Å². The fourth-order valence-electron chi connectivity index (χ4n) is 2.82. The van der Waals surface area contributed by atoms with Crippen LogP contribution in [0.2, 0.25) is 0 Å². The van der Waals surface area contributed by atoms with Crippen molar-refractivity contribution in [1.29, 1.82) is 0 Å². The molecule has 0 radical (unpaired) electrons. The van der Waals surface area contributed by atoms with Crippen molar-refractivity contribution >= 4 is 11.8 Å². The fourth-order valence-corrected chi connectivity index (χ4v) is 2.82. The van der Waals surface area contributed by atoms with Gasteiger partial charge in [-0.3, -0.25) is 14.5 Å². The molecule has 0 heterocycles. The standard InChI is InChI=1S/C19H40N4O2/c1-8-13-23(14(2)3)15(4)18(25)22-16(17(20)24)11-9-10-12-21-19(5,6)7/h14-16,21H,8-13H2,1-7H3,(H2,20,24)(H,22,25)/t15-,16-/m1/s1. The minimum absolute atomic E-state index is 0.0896. The average Bonchev–Trinajstić information content (AvgIpc) is 2.48. The van der Waals surface area contributed by atoms with Crippen molar-refractivity contribution in [3.8, 4) is 0 Å². The highest BCUT2D eigenvalue weighted by Crippen LogP contribution is 2.09. The Morgan fingerprint density at radius 1 is 1.12 bits per heavy atom. The summed E-state index contributed by atoms with van der Waals surface area (Å²) in [6.07, 6.45) is 3.35. The normalized spacial score (nSPS) is 14.6. The molecule has 0 aliphatic heterocycles. The lowest BCUT2D eigenvalue weighted by atomic mass is 10.1. The highest BCUT2D eigenvalue weighted by atomic mass is 16.2. The molecule has 148 valence electrons. The first-order chi connectivity index (χ1) is 11.5. The van der Waals surface area contributed by atoms with E-state index < -0.39 is 11.9 Å². The van der Waals surface area contributed by atoms with Crippen LogP contribution in [-0.4, -0.2) is 53.5 Å². The number of nitrogens with one attached hydrogen (secondary N) is 2. The van der Waals surface area contributed by atoms with E-state index in [1.165, 1.54) is 0 Å². The maximum absolute atomic E-state index is 12.5. The van der Waals surface area contributed by atoms with E-state index in [1.54, 1.807) is 0 Å². The van der Waals surface area contributed by atoms with Crippen LogP contribution in [-0.2, 0) is 9.59 Å². The lowest BCUT2D eigenvalue weighted by molar-refractivity contribution is -0.131. The van der Waals surface area contributed by atoms with Gasteiger partial charge in [0.1, 0.15) is 6.04 Å². The van der Waals surface area contributed by atoms with E-state index in [4.69, 9.17) is 5.73 Å². The van der Waals surface area contributed by atoms with E-state index in [-0.39, 0.29) is 23.5 Å². The Morgan fingerprint density at radius 2 is 1.72 bits per heavy atom. The number of nitrogens with zero attached hydrogens (tertiary/aromatic N) is 1. The zero-order chi connectivity index (χ0) is 19.6. The Hall–Kier alpha value is -1.14. The van der Waals surface area contributed by atoms with Gasteiger partial charge in [-0.05, 0) is 80.3 Å². The third-order valence-electron chi connectivity index (χ3n) is 4.26. The lowest BCUT2D eigenvalue weighted by Gasteiger charge is -2.32. The molecular weight excluding hydrogens is 316 g/mol. The first-order valence-corrected chi connectivity index (χ1v) is 9.60. The molecule has 0 fully saturated rings. The Balaban J connectivity index is 4.49. The van der Waals surface area contributed by atoms with E-state index in [2.05, 4.69) is 57.1 Å². The van der Waals surface area contributed by atoms with Gasteiger partial charge < -0.3 is 16.4 Å². The number of hydrogen-bond acceptors (Lipinski definition) is 4. The van der Waals surface area contributed by atoms with Crippen molar-refractivity contribution in [3.05, 3.63) is 0 Å². The first-order valence-electron chi connectivity index (χ1n) is 9.60. The van der Waals surface area contributed by atoms with E-state index in [1.807, 2.05) is 6.92 Å². The molecule has 6 nitrogen and oxygen atoms in total. The van der Waals surface area contributed by atoms with Gasteiger partial charge in [-0.2, -0.15) is 0 Å². The third kappa shape index (κ3) is 10.4. The third-order valence-corrected chi connectivity index (χ3v) is 4.26. The number of rotatable bonds is 12. The number of amides is 2. The summed E-state index contributed by atoms with van der Waals surface area (Å²) in [7, 11) is 0. The summed E-state index contributed by atoms with van der Waals surface area (Å²) in [4.78, 5) is 26.4. The molecule has 0 spiro atoms. The predicted octanol–water partition coefficient (Wildman–Crippen LogP) is 2.02. The molecule has 0 aromatic carbocycles. The van der Waals surface area contributed by atoms with Crippen LogP contribution in [0, 0.1) is 0 Å². The van der Waals surface area contributed by atoms with Crippen molar-refractivity contribution < 1.29 is 9.59 Å². The number of carbonyl (C=O) groups is 2. The predicted molar refractivity (Wildman–Crippen MR) is 104 cm³/mol. The zero-order valence-electron chi connectivity index (χ0n) is 17.3. The van der Waals surface area contributed by atoms with E-state index in [9.17, 15) is 9.59 Å². The second-order valence-corrected chi connectivity index (χ2v) is 8.14. The van der Waals surface area contributed by atoms with Gasteiger partial charge in [-0.1, -0.05) is 6.92 Å². The second kappa shape index (κ2) is 11.5. The van der Waals surface area contributed by atoms with Gasteiger partial charge in [0.25, 0.3) is 0 Å². The minimum atomic E-state index is -0.597. The molecule has 2 atom stereocenters. The summed E-state index contributed by atoms with van der Waals surface area (Å²) in [6, 6.07) is -0.596. The number of unbranched alkanes of at least 4 members (excludes halogenated alkanes) is 1. The molecule has 0 aromatic heterocycles. The molecule has 0 unspecified atom stereocenters. The van der Waals surface area contributed by atoms with Crippen LogP contribution in [0.25, 0.3) is 0 Å². The molecule has 0 saturated carbocycles. The molecule has 0 saturated heterocycles. The Bertz CT molecular complexity index is 405. The van der Waals surface area contributed by atoms with Crippen LogP contribution in [0.3, 0.4) is 0 Å². The Morgan fingerprint density at radius 3 is 2.16 bits per heavy atom. The van der Waals surface area contributed by atoms with Crippen LogP contribution >= 0.6 is 0 Å². The number of hydrogen-bond donors (Lipinski definition) is 3. The van der Waals surface area contributed by atoms with Crippen LogP contribution < -0.4 is 16.4 Å². The van der Waals surface area contributed by atoms with Crippen LogP contribution in [0.4, 0.5) is 0 Å². The van der Waals surface area contributed by atoms with Crippen molar-refractivity contribution in [3.63, 3.8) is 0 Å². The zero-order valence-corrected chi connectivity index (χ0v) is 17.3. The largest absolute Gasteiger partial charge is 0.368 e. The number of primary amides is 1. The van der Waals surface area contributed by atoms with Gasteiger partial charge in [0.05, 0.1) is 6.04 Å². The molecule has 0 bridgehead atoms. The molecule has 2 amide bonds. The smallest absolute Gasteiger partial charge is 0.240 e. The van der Waals surface area contributed by atoms with Gasteiger partial charge in [-0.15, -0.1) is 0 Å². The highest BCUT2D eigenvalue weighted by molar-refractivity contribution is 5.88. The van der Waals surface area contributed by atoms with Gasteiger partial charge in [-0.25, -0.2) is 0 Å². The molecule has 0 aliphatic rings. The van der Waals surface area contributed by atoms with Crippen LogP contribution in [0.5, 0.6) is 0 Å². The Labute approximate surface area is 154 Å².